The first-order chi connectivity index (χ1) is 8.83. The summed E-state index contributed by atoms with van der Waals surface area (Å²) in [6.07, 6.45) is 2.67. The fourth-order valence-corrected chi connectivity index (χ4v) is 2.52. The predicted octanol–water partition coefficient (Wildman–Crippen LogP) is 2.40. The van der Waals surface area contributed by atoms with Gasteiger partial charge in [0.05, 0.1) is 7.11 Å². The molecule has 1 aromatic rings. The highest BCUT2D eigenvalue weighted by Crippen LogP contribution is 2.23. The third-order valence-corrected chi connectivity index (χ3v) is 3.52. The Bertz CT molecular complexity index is 373. The molecule has 0 spiro atoms. The van der Waals surface area contributed by atoms with Crippen molar-refractivity contribution in [2.24, 2.45) is 0 Å². The molecule has 1 aliphatic heterocycles. The number of ether oxygens (including phenoxy) is 1. The normalized spacial score (nSPS) is 16.1. The van der Waals surface area contributed by atoms with Gasteiger partial charge in [0.15, 0.2) is 0 Å². The molecule has 2 rings (SSSR count). The van der Waals surface area contributed by atoms with Gasteiger partial charge < -0.3 is 10.1 Å². The van der Waals surface area contributed by atoms with Crippen LogP contribution in [0, 0.1) is 0 Å². The van der Waals surface area contributed by atoms with Crippen LogP contribution in [0.4, 0.5) is 0 Å². The monoisotopic (exact) mass is 248 g/mol. The van der Waals surface area contributed by atoms with E-state index in [1.807, 2.05) is 0 Å². The van der Waals surface area contributed by atoms with Crippen molar-refractivity contribution in [2.45, 2.75) is 32.9 Å². The first-order valence-electron chi connectivity index (χ1n) is 6.92. The summed E-state index contributed by atoms with van der Waals surface area (Å²) < 4.78 is 5.47. The maximum atomic E-state index is 5.47. The van der Waals surface area contributed by atoms with Crippen LogP contribution in [0.1, 0.15) is 30.9 Å². The fraction of sp³-hybridized carbons (Fsp3) is 0.600. The van der Waals surface area contributed by atoms with E-state index in [-0.39, 0.29) is 0 Å². The summed E-state index contributed by atoms with van der Waals surface area (Å²) in [4.78, 5) is 2.51. The summed E-state index contributed by atoms with van der Waals surface area (Å²) in [5, 5.41) is 3.37. The molecule has 18 heavy (non-hydrogen) atoms. The lowest BCUT2D eigenvalue weighted by Crippen LogP contribution is -2.19. The second-order valence-electron chi connectivity index (χ2n) is 4.91. The number of likely N-dealkylation sites (tertiary alicyclic amines) is 1. The number of methoxy groups -OCH3 is 1. The van der Waals surface area contributed by atoms with Crippen LogP contribution in [-0.2, 0) is 13.1 Å². The highest BCUT2D eigenvalue weighted by molar-refractivity contribution is 5.37. The van der Waals surface area contributed by atoms with Crippen molar-refractivity contribution in [1.29, 1.82) is 0 Å². The van der Waals surface area contributed by atoms with Crippen LogP contribution in [0.3, 0.4) is 0 Å². The third kappa shape index (κ3) is 3.47. The molecular formula is C15H24N2O. The molecule has 0 bridgehead atoms. The molecule has 3 nitrogen and oxygen atoms in total. The molecule has 3 heteroatoms. The van der Waals surface area contributed by atoms with Gasteiger partial charge in [-0.05, 0) is 50.2 Å². The minimum absolute atomic E-state index is 0.938. The summed E-state index contributed by atoms with van der Waals surface area (Å²) in [6, 6.07) is 6.52. The first-order valence-corrected chi connectivity index (χ1v) is 6.92. The Morgan fingerprint density at radius 1 is 1.28 bits per heavy atom. The van der Waals surface area contributed by atoms with Crippen molar-refractivity contribution < 1.29 is 4.74 Å². The zero-order chi connectivity index (χ0) is 12.8. The highest BCUT2D eigenvalue weighted by Gasteiger charge is 2.14. The maximum absolute atomic E-state index is 5.47. The van der Waals surface area contributed by atoms with E-state index in [1.165, 1.54) is 37.1 Å². The number of nitrogens with one attached hydrogen (secondary N) is 1. The smallest absolute Gasteiger partial charge is 0.123 e. The lowest BCUT2D eigenvalue weighted by atomic mass is 10.1. The van der Waals surface area contributed by atoms with Crippen molar-refractivity contribution in [3.05, 3.63) is 29.3 Å². The molecule has 0 aromatic heterocycles. The number of hydrogen-bond donors (Lipinski definition) is 1. The van der Waals surface area contributed by atoms with E-state index in [2.05, 4.69) is 35.3 Å². The van der Waals surface area contributed by atoms with Crippen molar-refractivity contribution >= 4 is 0 Å². The zero-order valence-electron chi connectivity index (χ0n) is 11.5. The van der Waals surface area contributed by atoms with Gasteiger partial charge in [-0.25, -0.2) is 0 Å². The molecule has 0 atom stereocenters. The Morgan fingerprint density at radius 2 is 2.06 bits per heavy atom. The minimum Gasteiger partial charge on any atom is -0.496 e. The Balaban J connectivity index is 2.08. The number of hydrogen-bond acceptors (Lipinski definition) is 3. The van der Waals surface area contributed by atoms with Crippen LogP contribution >= 0.6 is 0 Å². The predicted molar refractivity (Wildman–Crippen MR) is 74.9 cm³/mol. The Labute approximate surface area is 110 Å². The van der Waals surface area contributed by atoms with Crippen molar-refractivity contribution in [3.8, 4) is 5.75 Å². The first kappa shape index (κ1) is 13.4. The van der Waals surface area contributed by atoms with Gasteiger partial charge in [0.1, 0.15) is 5.75 Å². The molecule has 0 amide bonds. The molecule has 0 saturated carbocycles. The lowest BCUT2D eigenvalue weighted by molar-refractivity contribution is 0.320. The SMILES string of the molecule is CCNCc1ccc(OC)c(CN2CCCC2)c1. The molecule has 1 saturated heterocycles. The molecule has 0 unspecified atom stereocenters. The van der Waals surface area contributed by atoms with Gasteiger partial charge in [-0.2, -0.15) is 0 Å². The second-order valence-corrected chi connectivity index (χ2v) is 4.91. The summed E-state index contributed by atoms with van der Waals surface area (Å²) in [6.45, 7) is 7.54. The van der Waals surface area contributed by atoms with Gasteiger partial charge in [0, 0.05) is 18.7 Å². The van der Waals surface area contributed by atoms with E-state index in [0.717, 1.165) is 25.4 Å². The van der Waals surface area contributed by atoms with Gasteiger partial charge in [0.2, 0.25) is 0 Å². The summed E-state index contributed by atoms with van der Waals surface area (Å²) in [7, 11) is 1.76. The van der Waals surface area contributed by atoms with Crippen LogP contribution in [0.15, 0.2) is 18.2 Å². The quantitative estimate of drug-likeness (QED) is 0.836. The van der Waals surface area contributed by atoms with Gasteiger partial charge in [-0.3, -0.25) is 4.90 Å². The molecule has 1 heterocycles. The molecule has 1 N–H and O–H groups in total. The van der Waals surface area contributed by atoms with Crippen LogP contribution in [-0.4, -0.2) is 31.6 Å². The lowest BCUT2D eigenvalue weighted by Gasteiger charge is -2.18. The molecule has 1 aromatic carbocycles. The van der Waals surface area contributed by atoms with Crippen molar-refractivity contribution in [2.75, 3.05) is 26.7 Å². The Morgan fingerprint density at radius 3 is 2.72 bits per heavy atom. The summed E-state index contributed by atoms with van der Waals surface area (Å²) >= 11 is 0. The molecule has 100 valence electrons. The molecule has 1 fully saturated rings. The number of benzene rings is 1. The minimum atomic E-state index is 0.938. The summed E-state index contributed by atoms with van der Waals surface area (Å²) in [5.74, 6) is 1.02. The molecule has 1 aliphatic rings. The van der Waals surface area contributed by atoms with Crippen LogP contribution in [0.5, 0.6) is 5.75 Å². The van der Waals surface area contributed by atoms with E-state index in [1.54, 1.807) is 7.11 Å². The van der Waals surface area contributed by atoms with Gasteiger partial charge in [-0.1, -0.05) is 13.0 Å². The topological polar surface area (TPSA) is 24.5 Å². The van der Waals surface area contributed by atoms with Crippen LogP contribution < -0.4 is 10.1 Å². The van der Waals surface area contributed by atoms with E-state index in [9.17, 15) is 0 Å². The van der Waals surface area contributed by atoms with Crippen molar-refractivity contribution in [1.82, 2.24) is 10.2 Å². The maximum Gasteiger partial charge on any atom is 0.123 e. The average molecular weight is 248 g/mol. The van der Waals surface area contributed by atoms with Gasteiger partial charge >= 0.3 is 0 Å². The zero-order valence-corrected chi connectivity index (χ0v) is 11.5. The van der Waals surface area contributed by atoms with Crippen molar-refractivity contribution in [3.63, 3.8) is 0 Å². The van der Waals surface area contributed by atoms with Gasteiger partial charge in [0.25, 0.3) is 0 Å². The molecule has 0 aliphatic carbocycles. The Hall–Kier alpha value is -1.06. The highest BCUT2D eigenvalue weighted by atomic mass is 16.5. The van der Waals surface area contributed by atoms with Crippen LogP contribution in [0.25, 0.3) is 0 Å². The Kier molecular flexibility index (Phi) is 5.02. The molecular weight excluding hydrogens is 224 g/mol. The third-order valence-electron chi connectivity index (χ3n) is 3.52. The van der Waals surface area contributed by atoms with E-state index < -0.39 is 0 Å². The standard InChI is InChI=1S/C15H24N2O/c1-3-16-11-13-6-7-15(18-2)14(10-13)12-17-8-4-5-9-17/h6-7,10,16H,3-5,8-9,11-12H2,1-2H3. The fourth-order valence-electron chi connectivity index (χ4n) is 2.52. The number of nitrogens with zero attached hydrogens (tertiary/aromatic N) is 1. The number of rotatable bonds is 6. The molecule has 0 radical (unpaired) electrons. The van der Waals surface area contributed by atoms with Crippen LogP contribution in [0.2, 0.25) is 0 Å². The second kappa shape index (κ2) is 6.76. The van der Waals surface area contributed by atoms with E-state index in [0.29, 0.717) is 0 Å². The van der Waals surface area contributed by atoms with E-state index >= 15 is 0 Å². The largest absolute Gasteiger partial charge is 0.496 e. The summed E-state index contributed by atoms with van der Waals surface area (Å²) in [5.41, 5.74) is 2.65. The van der Waals surface area contributed by atoms with Gasteiger partial charge in [-0.15, -0.1) is 0 Å². The van der Waals surface area contributed by atoms with E-state index in [4.69, 9.17) is 4.74 Å². The average Bonchev–Trinajstić information content (AvgIpc) is 2.89.